The lowest BCUT2D eigenvalue weighted by molar-refractivity contribution is 0.141. The van der Waals surface area contributed by atoms with Crippen LogP contribution in [0.4, 0.5) is 8.78 Å². The van der Waals surface area contributed by atoms with Gasteiger partial charge < -0.3 is 9.47 Å². The highest BCUT2D eigenvalue weighted by molar-refractivity contribution is 7.89. The smallest absolute Gasteiger partial charge is 0.349 e. The number of methoxy groups -OCH3 is 1. The minimum absolute atomic E-state index is 0.0549. The molecule has 2 N–H and O–H groups in total. The van der Waals surface area contributed by atoms with Crippen molar-refractivity contribution in [3.8, 4) is 23.1 Å². The van der Waals surface area contributed by atoms with Gasteiger partial charge in [0.25, 0.3) is 12.0 Å². The van der Waals surface area contributed by atoms with Gasteiger partial charge in [-0.2, -0.15) is 9.78 Å². The van der Waals surface area contributed by atoms with E-state index in [1.54, 1.807) is 4.98 Å². The summed E-state index contributed by atoms with van der Waals surface area (Å²) >= 11 is 12.5. The first kappa shape index (κ1) is 26.0. The number of hydrogen-bond acceptors (Lipinski definition) is 8. The highest BCUT2D eigenvalue weighted by atomic mass is 35.5. The van der Waals surface area contributed by atoms with Crippen LogP contribution in [0.3, 0.4) is 0 Å². The summed E-state index contributed by atoms with van der Waals surface area (Å²) in [6, 6.07) is 3.27. The van der Waals surface area contributed by atoms with Crippen molar-refractivity contribution in [3.05, 3.63) is 61.0 Å². The van der Waals surface area contributed by atoms with E-state index in [1.165, 1.54) is 19.4 Å². The monoisotopic (exact) mass is 563 g/mol. The van der Waals surface area contributed by atoms with Crippen LogP contribution in [0, 0.1) is 0 Å². The van der Waals surface area contributed by atoms with E-state index in [-0.39, 0.29) is 44.0 Å². The fraction of sp³-hybridized carbons (Fsp3) is 0.300. The van der Waals surface area contributed by atoms with E-state index < -0.39 is 33.4 Å². The van der Waals surface area contributed by atoms with Crippen LogP contribution in [0.1, 0.15) is 31.4 Å². The van der Waals surface area contributed by atoms with Gasteiger partial charge in [0.15, 0.2) is 11.4 Å². The molecule has 0 aliphatic heterocycles. The van der Waals surface area contributed by atoms with E-state index in [1.807, 2.05) is 0 Å². The largest absolute Gasteiger partial charge is 0.480 e. The van der Waals surface area contributed by atoms with Gasteiger partial charge in [-0.3, -0.25) is 9.78 Å². The highest BCUT2D eigenvalue weighted by Crippen LogP contribution is 2.39. The number of sulfonamides is 1. The van der Waals surface area contributed by atoms with Gasteiger partial charge in [0, 0.05) is 12.1 Å². The van der Waals surface area contributed by atoms with Crippen molar-refractivity contribution in [2.75, 3.05) is 7.11 Å². The molecule has 4 rings (SSSR count). The average molecular weight is 564 g/mol. The molecule has 2 heterocycles. The van der Waals surface area contributed by atoms with Crippen molar-refractivity contribution in [2.45, 2.75) is 36.6 Å². The third-order valence-electron chi connectivity index (χ3n) is 5.21. The maximum Gasteiger partial charge on any atom is 0.349 e. The third kappa shape index (κ3) is 5.21. The molecule has 1 saturated carbocycles. The Hall–Kier alpha value is -3.07. The molecule has 0 amide bonds. The molecule has 11 nitrogen and oxygen atoms in total. The van der Waals surface area contributed by atoms with Crippen LogP contribution in [-0.2, 0) is 10.0 Å². The predicted octanol–water partition coefficient (Wildman–Crippen LogP) is 3.19. The molecule has 1 fully saturated rings. The van der Waals surface area contributed by atoms with Crippen LogP contribution in [0.2, 0.25) is 10.0 Å². The summed E-state index contributed by atoms with van der Waals surface area (Å²) in [5, 5.41) is 3.03. The molecule has 0 radical (unpaired) electrons. The number of nitrogens with zero attached hydrogens (tertiary/aromatic N) is 3. The van der Waals surface area contributed by atoms with Crippen LogP contribution in [-0.4, -0.2) is 41.3 Å². The number of halogens is 4. The van der Waals surface area contributed by atoms with E-state index in [4.69, 9.17) is 32.7 Å². The van der Waals surface area contributed by atoms with Gasteiger partial charge >= 0.3 is 5.69 Å². The number of alkyl halides is 2. The Bertz CT molecular complexity index is 1520. The van der Waals surface area contributed by atoms with Gasteiger partial charge in [-0.15, -0.1) is 0 Å². The maximum atomic E-state index is 13.1. The van der Waals surface area contributed by atoms with Gasteiger partial charge in [-0.05, 0) is 25.0 Å². The second-order valence-corrected chi connectivity index (χ2v) is 10.1. The molecule has 0 saturated heterocycles. The number of benzene rings is 1. The molecular weight excluding hydrogens is 547 g/mol. The van der Waals surface area contributed by atoms with E-state index in [0.29, 0.717) is 4.68 Å². The summed E-state index contributed by atoms with van der Waals surface area (Å²) in [5.74, 6) is -0.350. The van der Waals surface area contributed by atoms with Crippen LogP contribution in [0.5, 0.6) is 17.4 Å². The Morgan fingerprint density at radius 3 is 2.42 bits per heavy atom. The van der Waals surface area contributed by atoms with E-state index in [0.717, 1.165) is 31.4 Å². The lowest BCUT2D eigenvalue weighted by atomic mass is 9.94. The van der Waals surface area contributed by atoms with E-state index in [9.17, 15) is 26.8 Å². The normalized spacial score (nSPS) is 14.1. The number of pyridine rings is 1. The lowest BCUT2D eigenvalue weighted by Gasteiger charge is -2.26. The molecule has 1 aliphatic rings. The maximum absolute atomic E-state index is 13.1. The van der Waals surface area contributed by atoms with Crippen molar-refractivity contribution in [1.29, 1.82) is 0 Å². The molecule has 0 spiro atoms. The Kier molecular flexibility index (Phi) is 7.31. The summed E-state index contributed by atoms with van der Waals surface area (Å²) < 4.78 is 65.6. The fourth-order valence-electron chi connectivity index (χ4n) is 3.24. The second-order valence-electron chi connectivity index (χ2n) is 7.63. The van der Waals surface area contributed by atoms with Crippen molar-refractivity contribution < 1.29 is 26.7 Å². The standard InChI is InChI=1S/C20H17Cl2F2N5O6S/c1-34-19-14(36(32,33)28-9-3-2-4-9)7-11(8-25-19)35-16-12(21)5-10(6-13(16)22)29-20(31)26-18(30)15(27-29)17(23)24/h5-9,17,28H,2-4H2,1H3,(H,26,30,31). The van der Waals surface area contributed by atoms with Crippen molar-refractivity contribution in [2.24, 2.45) is 0 Å². The second kappa shape index (κ2) is 10.1. The van der Waals surface area contributed by atoms with Crippen molar-refractivity contribution in [1.82, 2.24) is 24.5 Å². The first-order valence-corrected chi connectivity index (χ1v) is 12.5. The van der Waals surface area contributed by atoms with Crippen LogP contribution in [0.15, 0.2) is 38.9 Å². The van der Waals surface area contributed by atoms with Crippen LogP contribution in [0.25, 0.3) is 5.69 Å². The SMILES string of the molecule is COc1ncc(Oc2c(Cl)cc(-n3nc(C(F)F)c(=O)[nH]c3=O)cc2Cl)cc1S(=O)(=O)NC1CCC1. The minimum atomic E-state index is -3.98. The molecule has 36 heavy (non-hydrogen) atoms. The predicted molar refractivity (Wildman–Crippen MR) is 124 cm³/mol. The van der Waals surface area contributed by atoms with Crippen molar-refractivity contribution >= 4 is 33.2 Å². The minimum Gasteiger partial charge on any atom is -0.480 e. The average Bonchev–Trinajstić information content (AvgIpc) is 2.78. The topological polar surface area (TPSA) is 145 Å². The molecule has 0 atom stereocenters. The summed E-state index contributed by atoms with van der Waals surface area (Å²) in [5.41, 5.74) is -3.73. The zero-order valence-corrected chi connectivity index (χ0v) is 20.6. The van der Waals surface area contributed by atoms with Crippen LogP contribution < -0.4 is 25.4 Å². The van der Waals surface area contributed by atoms with Crippen molar-refractivity contribution in [3.63, 3.8) is 0 Å². The van der Waals surface area contributed by atoms with Gasteiger partial charge in [0.05, 0.1) is 29.0 Å². The van der Waals surface area contributed by atoms with E-state index >= 15 is 0 Å². The van der Waals surface area contributed by atoms with E-state index in [2.05, 4.69) is 14.8 Å². The third-order valence-corrected chi connectivity index (χ3v) is 7.29. The molecule has 3 aromatic rings. The summed E-state index contributed by atoms with van der Waals surface area (Å²) in [6.45, 7) is 0. The zero-order valence-electron chi connectivity index (χ0n) is 18.3. The zero-order chi connectivity index (χ0) is 26.2. The van der Waals surface area contributed by atoms with Gasteiger partial charge in [0.1, 0.15) is 10.6 Å². The van der Waals surface area contributed by atoms with Gasteiger partial charge in [-0.25, -0.2) is 31.7 Å². The Morgan fingerprint density at radius 2 is 1.86 bits per heavy atom. The number of ether oxygens (including phenoxy) is 2. The fourth-order valence-corrected chi connectivity index (χ4v) is 5.23. The number of H-pyrrole nitrogens is 1. The quantitative estimate of drug-likeness (QED) is 0.425. The lowest BCUT2D eigenvalue weighted by Crippen LogP contribution is -2.39. The molecule has 0 unspecified atom stereocenters. The Balaban J connectivity index is 1.69. The van der Waals surface area contributed by atoms with Gasteiger partial charge in [0.2, 0.25) is 15.9 Å². The molecule has 2 aromatic heterocycles. The molecule has 1 aromatic carbocycles. The number of nitrogens with one attached hydrogen (secondary N) is 2. The number of aromatic amines is 1. The number of aromatic nitrogens is 4. The number of rotatable bonds is 8. The van der Waals surface area contributed by atoms with Gasteiger partial charge in [-0.1, -0.05) is 29.6 Å². The van der Waals surface area contributed by atoms with Crippen LogP contribution >= 0.6 is 23.2 Å². The summed E-state index contributed by atoms with van der Waals surface area (Å²) in [7, 11) is -2.71. The first-order valence-electron chi connectivity index (χ1n) is 10.3. The molecular formula is C20H17Cl2F2N5O6S. The first-order chi connectivity index (χ1) is 17.0. The summed E-state index contributed by atoms with van der Waals surface area (Å²) in [4.78, 5) is 29.1. The Morgan fingerprint density at radius 1 is 1.19 bits per heavy atom. The summed E-state index contributed by atoms with van der Waals surface area (Å²) in [6.07, 6.45) is 0.304. The number of hydrogen-bond donors (Lipinski definition) is 2. The Labute approximate surface area is 212 Å². The molecule has 1 aliphatic carbocycles. The molecule has 0 bridgehead atoms. The molecule has 192 valence electrons. The molecule has 16 heteroatoms. The highest BCUT2D eigenvalue weighted by Gasteiger charge is 2.28.